The summed E-state index contributed by atoms with van der Waals surface area (Å²) in [5.41, 5.74) is 1.30. The smallest absolute Gasteiger partial charge is 0.287 e. The Balaban J connectivity index is 1.52. The van der Waals surface area contributed by atoms with Crippen LogP contribution in [0.2, 0.25) is 0 Å². The van der Waals surface area contributed by atoms with E-state index >= 15 is 0 Å². The van der Waals surface area contributed by atoms with E-state index < -0.39 is 0 Å². The van der Waals surface area contributed by atoms with Gasteiger partial charge in [-0.15, -0.1) is 11.3 Å². The molecule has 2 aromatic heterocycles. The second-order valence-electron chi connectivity index (χ2n) is 7.05. The van der Waals surface area contributed by atoms with Crippen LogP contribution in [0.15, 0.2) is 51.0 Å². The van der Waals surface area contributed by atoms with Gasteiger partial charge in [-0.25, -0.2) is 0 Å². The van der Waals surface area contributed by atoms with Crippen molar-refractivity contribution in [2.75, 3.05) is 32.8 Å². The van der Waals surface area contributed by atoms with Crippen molar-refractivity contribution in [1.29, 1.82) is 0 Å². The highest BCUT2D eigenvalue weighted by Crippen LogP contribution is 2.25. The van der Waals surface area contributed by atoms with Gasteiger partial charge in [-0.3, -0.25) is 14.5 Å². The lowest BCUT2D eigenvalue weighted by Crippen LogP contribution is -2.43. The molecule has 29 heavy (non-hydrogen) atoms. The Morgan fingerprint density at radius 2 is 2.07 bits per heavy atom. The van der Waals surface area contributed by atoms with Gasteiger partial charge in [0.05, 0.1) is 24.6 Å². The van der Waals surface area contributed by atoms with E-state index in [1.165, 1.54) is 10.9 Å². The number of carbonyl (C=O) groups excluding carboxylic acids is 1. The minimum absolute atomic E-state index is 0.0404. The molecule has 1 amide bonds. The summed E-state index contributed by atoms with van der Waals surface area (Å²) < 4.78 is 11.2. The summed E-state index contributed by atoms with van der Waals surface area (Å²) in [5, 5.41) is 5.50. The van der Waals surface area contributed by atoms with Gasteiger partial charge in [0.2, 0.25) is 0 Å². The van der Waals surface area contributed by atoms with E-state index in [4.69, 9.17) is 9.15 Å². The molecule has 152 valence electrons. The Bertz CT molecular complexity index is 1040. The highest BCUT2D eigenvalue weighted by molar-refractivity contribution is 7.10. The van der Waals surface area contributed by atoms with Gasteiger partial charge < -0.3 is 14.5 Å². The number of benzene rings is 1. The molecule has 0 radical (unpaired) electrons. The third-order valence-electron chi connectivity index (χ3n) is 5.24. The second-order valence-corrected chi connectivity index (χ2v) is 8.03. The molecular formula is C22H24N2O4S. The lowest BCUT2D eigenvalue weighted by molar-refractivity contribution is 0.0168. The maximum atomic E-state index is 12.7. The number of morpholine rings is 1. The molecule has 0 aliphatic carbocycles. The second kappa shape index (κ2) is 8.90. The summed E-state index contributed by atoms with van der Waals surface area (Å²) in [4.78, 5) is 28.7. The number of nitrogens with one attached hydrogen (secondary N) is 1. The van der Waals surface area contributed by atoms with Gasteiger partial charge in [0.15, 0.2) is 11.2 Å². The molecule has 0 unspecified atom stereocenters. The largest absolute Gasteiger partial charge is 0.451 e. The maximum absolute atomic E-state index is 12.7. The number of rotatable bonds is 6. The molecule has 1 aromatic carbocycles. The molecular weight excluding hydrogens is 388 g/mol. The van der Waals surface area contributed by atoms with Crippen LogP contribution in [0, 0.1) is 0 Å². The van der Waals surface area contributed by atoms with Crippen molar-refractivity contribution >= 4 is 28.2 Å². The van der Waals surface area contributed by atoms with Crippen LogP contribution in [0.25, 0.3) is 11.0 Å². The average molecular weight is 413 g/mol. The normalized spacial score (nSPS) is 16.0. The quantitative estimate of drug-likeness (QED) is 0.673. The summed E-state index contributed by atoms with van der Waals surface area (Å²) in [6.45, 7) is 5.50. The van der Waals surface area contributed by atoms with Crippen LogP contribution in [-0.4, -0.2) is 43.7 Å². The molecule has 1 aliphatic heterocycles. The van der Waals surface area contributed by atoms with Gasteiger partial charge in [-0.1, -0.05) is 19.1 Å². The van der Waals surface area contributed by atoms with Crippen LogP contribution in [0.1, 0.15) is 34.0 Å². The first-order valence-electron chi connectivity index (χ1n) is 9.86. The lowest BCUT2D eigenvalue weighted by atomic mass is 10.1. The molecule has 3 aromatic rings. The molecule has 0 spiro atoms. The van der Waals surface area contributed by atoms with E-state index in [0.29, 0.717) is 30.7 Å². The summed E-state index contributed by atoms with van der Waals surface area (Å²) >= 11 is 1.67. The zero-order chi connectivity index (χ0) is 20.2. The molecule has 0 bridgehead atoms. The van der Waals surface area contributed by atoms with Gasteiger partial charge in [-0.2, -0.15) is 0 Å². The molecule has 1 atom stereocenters. The molecule has 3 heterocycles. The van der Waals surface area contributed by atoms with E-state index in [1.807, 2.05) is 30.5 Å². The maximum Gasteiger partial charge on any atom is 0.287 e. The number of nitrogens with zero attached hydrogens (tertiary/aromatic N) is 1. The summed E-state index contributed by atoms with van der Waals surface area (Å²) in [7, 11) is 0. The highest BCUT2D eigenvalue weighted by atomic mass is 32.1. The van der Waals surface area contributed by atoms with Crippen molar-refractivity contribution in [3.63, 3.8) is 0 Å². The molecule has 1 fully saturated rings. The predicted molar refractivity (Wildman–Crippen MR) is 114 cm³/mol. The molecule has 1 aliphatic rings. The molecule has 4 rings (SSSR count). The number of ether oxygens (including phenoxy) is 1. The molecule has 1 saturated heterocycles. The molecule has 1 N–H and O–H groups in total. The van der Waals surface area contributed by atoms with Crippen LogP contribution >= 0.6 is 11.3 Å². The number of hydrogen-bond donors (Lipinski definition) is 1. The summed E-state index contributed by atoms with van der Waals surface area (Å²) in [5.74, 6) is -0.336. The first-order chi connectivity index (χ1) is 14.2. The first kappa shape index (κ1) is 19.8. The van der Waals surface area contributed by atoms with Gasteiger partial charge in [0.25, 0.3) is 5.91 Å². The van der Waals surface area contributed by atoms with Crippen LogP contribution in [0.4, 0.5) is 0 Å². The highest BCUT2D eigenvalue weighted by Gasteiger charge is 2.24. The van der Waals surface area contributed by atoms with Crippen LogP contribution in [-0.2, 0) is 11.2 Å². The minimum atomic E-state index is -0.376. The fourth-order valence-corrected chi connectivity index (χ4v) is 4.45. The monoisotopic (exact) mass is 412 g/mol. The topological polar surface area (TPSA) is 71.8 Å². The van der Waals surface area contributed by atoms with Crippen molar-refractivity contribution in [1.82, 2.24) is 10.2 Å². The van der Waals surface area contributed by atoms with Gasteiger partial charge in [0.1, 0.15) is 5.58 Å². The Kier molecular flexibility index (Phi) is 6.08. The SMILES string of the molecule is CCc1ccc2oc(C(=O)NC[C@H](c3cccs3)N3CCOCC3)cc(=O)c2c1. The third-order valence-corrected chi connectivity index (χ3v) is 6.21. The fourth-order valence-electron chi connectivity index (χ4n) is 3.59. The molecule has 0 saturated carbocycles. The van der Waals surface area contributed by atoms with E-state index in [2.05, 4.69) is 16.3 Å². The number of carbonyl (C=O) groups is 1. The molecule has 7 heteroatoms. The van der Waals surface area contributed by atoms with Crippen molar-refractivity contribution in [2.45, 2.75) is 19.4 Å². The van der Waals surface area contributed by atoms with Gasteiger partial charge in [-0.05, 0) is 35.6 Å². The Labute approximate surface area is 173 Å². The summed E-state index contributed by atoms with van der Waals surface area (Å²) in [6.07, 6.45) is 0.837. The van der Waals surface area contributed by atoms with Crippen molar-refractivity contribution in [3.8, 4) is 0 Å². The number of thiophene rings is 1. The Morgan fingerprint density at radius 3 is 2.79 bits per heavy atom. The van der Waals surface area contributed by atoms with E-state index in [-0.39, 0.29) is 23.1 Å². The van der Waals surface area contributed by atoms with Crippen molar-refractivity contribution in [2.24, 2.45) is 0 Å². The van der Waals surface area contributed by atoms with E-state index in [9.17, 15) is 9.59 Å². The van der Waals surface area contributed by atoms with Crippen LogP contribution in [0.3, 0.4) is 0 Å². The average Bonchev–Trinajstić information content (AvgIpc) is 3.29. The minimum Gasteiger partial charge on any atom is -0.451 e. The number of hydrogen-bond acceptors (Lipinski definition) is 6. The number of aryl methyl sites for hydroxylation is 1. The fraction of sp³-hybridized carbons (Fsp3) is 0.364. The van der Waals surface area contributed by atoms with E-state index in [1.54, 1.807) is 17.4 Å². The van der Waals surface area contributed by atoms with Gasteiger partial charge in [0, 0.05) is 30.6 Å². The van der Waals surface area contributed by atoms with Gasteiger partial charge >= 0.3 is 0 Å². The zero-order valence-electron chi connectivity index (χ0n) is 16.3. The van der Waals surface area contributed by atoms with E-state index in [0.717, 1.165) is 25.1 Å². The predicted octanol–water partition coefficient (Wildman–Crippen LogP) is 3.22. The standard InChI is InChI=1S/C22H24N2O4S/c1-2-15-5-6-19-16(12-15)18(25)13-20(28-19)22(26)23-14-17(21-4-3-11-29-21)24-7-9-27-10-8-24/h3-6,11-13,17H,2,7-10,14H2,1H3,(H,23,26)/t17-/m1/s1. The van der Waals surface area contributed by atoms with Crippen LogP contribution in [0.5, 0.6) is 0 Å². The third kappa shape index (κ3) is 4.42. The number of amides is 1. The lowest BCUT2D eigenvalue weighted by Gasteiger charge is -2.34. The van der Waals surface area contributed by atoms with Crippen LogP contribution < -0.4 is 10.7 Å². The van der Waals surface area contributed by atoms with Crippen molar-refractivity contribution < 1.29 is 13.9 Å². The Hall–Kier alpha value is -2.48. The first-order valence-corrected chi connectivity index (χ1v) is 10.7. The Morgan fingerprint density at radius 1 is 1.24 bits per heavy atom. The zero-order valence-corrected chi connectivity index (χ0v) is 17.2. The number of fused-ring (bicyclic) bond motifs is 1. The summed E-state index contributed by atoms with van der Waals surface area (Å²) in [6, 6.07) is 11.0. The molecule has 6 nitrogen and oxygen atoms in total. The van der Waals surface area contributed by atoms with Crippen molar-refractivity contribution in [3.05, 3.63) is 68.2 Å².